The van der Waals surface area contributed by atoms with Crippen molar-refractivity contribution in [3.63, 3.8) is 0 Å². The Morgan fingerprint density at radius 1 is 1.20 bits per heavy atom. The number of nitrogens with zero attached hydrogens (tertiary/aromatic N) is 2. The van der Waals surface area contributed by atoms with Crippen LogP contribution in [0.2, 0.25) is 0 Å². The fourth-order valence-corrected chi connectivity index (χ4v) is 2.10. The second kappa shape index (κ2) is 7.38. The third-order valence-corrected chi connectivity index (χ3v) is 3.11. The number of ether oxygens (including phenoxy) is 3. The molecule has 0 aliphatic heterocycles. The smallest absolute Gasteiger partial charge is 0.345 e. The molecular weight excluding hydrogens is 324 g/mol. The molecule has 25 heavy (non-hydrogen) atoms. The van der Waals surface area contributed by atoms with Crippen LogP contribution in [0, 0.1) is 0 Å². The highest BCUT2D eigenvalue weighted by molar-refractivity contribution is 5.92. The van der Waals surface area contributed by atoms with Gasteiger partial charge in [-0.15, -0.1) is 5.10 Å². The van der Waals surface area contributed by atoms with Crippen molar-refractivity contribution in [1.29, 1.82) is 0 Å². The highest BCUT2D eigenvalue weighted by Crippen LogP contribution is 2.21. The van der Waals surface area contributed by atoms with Gasteiger partial charge in [0.1, 0.15) is 11.2 Å². The molecule has 0 radical (unpaired) electrons. The zero-order chi connectivity index (χ0) is 18.6. The fourth-order valence-electron chi connectivity index (χ4n) is 2.10. The maximum atomic E-state index is 12.2. The van der Waals surface area contributed by atoms with Gasteiger partial charge >= 0.3 is 11.9 Å². The average Bonchev–Trinajstić information content (AvgIpc) is 2.98. The molecule has 0 saturated heterocycles. The minimum atomic E-state index is -0.584. The molecule has 0 fully saturated rings. The topological polar surface area (TPSA) is 79.7 Å². The largest absolute Gasteiger partial charge is 0.479 e. The van der Waals surface area contributed by atoms with Gasteiger partial charge in [-0.3, -0.25) is 0 Å². The first-order valence-electron chi connectivity index (χ1n) is 7.89. The monoisotopic (exact) mass is 346 g/mol. The van der Waals surface area contributed by atoms with E-state index in [4.69, 9.17) is 14.2 Å². The lowest BCUT2D eigenvalue weighted by atomic mass is 10.1. The van der Waals surface area contributed by atoms with Crippen molar-refractivity contribution in [3.8, 4) is 11.6 Å². The molecule has 0 bridgehead atoms. The van der Waals surface area contributed by atoms with E-state index in [1.807, 2.05) is 0 Å². The van der Waals surface area contributed by atoms with Gasteiger partial charge in [-0.05, 0) is 45.9 Å². The molecule has 7 heteroatoms. The van der Waals surface area contributed by atoms with Crippen LogP contribution in [0.5, 0.6) is 5.88 Å². The van der Waals surface area contributed by atoms with Crippen molar-refractivity contribution < 1.29 is 23.8 Å². The molecule has 0 atom stereocenters. The third-order valence-electron chi connectivity index (χ3n) is 3.11. The van der Waals surface area contributed by atoms with Crippen molar-refractivity contribution in [2.45, 2.75) is 33.3 Å². The Morgan fingerprint density at radius 2 is 1.92 bits per heavy atom. The number of aromatic nitrogens is 2. The van der Waals surface area contributed by atoms with Crippen LogP contribution in [0.15, 0.2) is 30.5 Å². The zero-order valence-corrected chi connectivity index (χ0v) is 15.0. The van der Waals surface area contributed by atoms with E-state index in [0.29, 0.717) is 11.3 Å². The van der Waals surface area contributed by atoms with Gasteiger partial charge in [0.25, 0.3) is 0 Å². The summed E-state index contributed by atoms with van der Waals surface area (Å²) < 4.78 is 16.9. The van der Waals surface area contributed by atoms with Crippen molar-refractivity contribution in [3.05, 3.63) is 41.6 Å². The Hall–Kier alpha value is -2.83. The molecule has 1 aromatic carbocycles. The van der Waals surface area contributed by atoms with Crippen LogP contribution < -0.4 is 4.74 Å². The van der Waals surface area contributed by atoms with Crippen LogP contribution >= 0.6 is 0 Å². The number of carbonyl (C=O) groups excluding carboxylic acids is 2. The van der Waals surface area contributed by atoms with Crippen LogP contribution in [-0.4, -0.2) is 41.0 Å². The number of methoxy groups -OCH3 is 1. The molecule has 0 aliphatic carbocycles. The maximum absolute atomic E-state index is 12.2. The van der Waals surface area contributed by atoms with E-state index in [1.54, 1.807) is 52.0 Å². The van der Waals surface area contributed by atoms with E-state index >= 15 is 0 Å². The number of rotatable bonds is 5. The van der Waals surface area contributed by atoms with Gasteiger partial charge in [0.2, 0.25) is 5.88 Å². The quantitative estimate of drug-likeness (QED) is 0.774. The summed E-state index contributed by atoms with van der Waals surface area (Å²) >= 11 is 0. The molecule has 1 aromatic heterocycles. The average molecular weight is 346 g/mol. The summed E-state index contributed by atoms with van der Waals surface area (Å²) in [6, 6.07) is 6.77. The first-order chi connectivity index (χ1) is 11.7. The zero-order valence-electron chi connectivity index (χ0n) is 15.0. The van der Waals surface area contributed by atoms with Crippen LogP contribution in [-0.2, 0) is 9.47 Å². The van der Waals surface area contributed by atoms with E-state index < -0.39 is 17.5 Å². The van der Waals surface area contributed by atoms with Crippen LogP contribution in [0.25, 0.3) is 5.69 Å². The summed E-state index contributed by atoms with van der Waals surface area (Å²) in [5.74, 6) is -0.797. The van der Waals surface area contributed by atoms with Gasteiger partial charge in [0, 0.05) is 6.20 Å². The molecule has 0 spiro atoms. The summed E-state index contributed by atoms with van der Waals surface area (Å²) in [7, 11) is 1.42. The van der Waals surface area contributed by atoms with E-state index in [1.165, 1.54) is 18.0 Å². The number of carbonyl (C=O) groups is 2. The Balaban J connectivity index is 2.35. The Labute approximate surface area is 146 Å². The molecule has 0 N–H and O–H groups in total. The van der Waals surface area contributed by atoms with Crippen molar-refractivity contribution >= 4 is 11.9 Å². The van der Waals surface area contributed by atoms with Gasteiger partial charge in [-0.25, -0.2) is 14.3 Å². The minimum Gasteiger partial charge on any atom is -0.479 e. The third kappa shape index (κ3) is 4.59. The lowest BCUT2D eigenvalue weighted by Crippen LogP contribution is -2.23. The van der Waals surface area contributed by atoms with Crippen LogP contribution in [0.4, 0.5) is 0 Å². The van der Waals surface area contributed by atoms with Crippen LogP contribution in [0.1, 0.15) is 48.4 Å². The molecule has 0 unspecified atom stereocenters. The Kier molecular flexibility index (Phi) is 5.46. The van der Waals surface area contributed by atoms with Crippen molar-refractivity contribution in [2.24, 2.45) is 0 Å². The Morgan fingerprint density at radius 3 is 2.52 bits per heavy atom. The molecule has 0 amide bonds. The summed E-state index contributed by atoms with van der Waals surface area (Å²) in [5, 5.41) is 4.22. The van der Waals surface area contributed by atoms with Crippen LogP contribution in [0.3, 0.4) is 0 Å². The molecule has 7 nitrogen and oxygen atoms in total. The molecule has 0 saturated carbocycles. The van der Waals surface area contributed by atoms with E-state index in [9.17, 15) is 9.59 Å². The summed E-state index contributed by atoms with van der Waals surface area (Å²) in [6.45, 7) is 7.39. The standard InChI is InChI=1S/C18H22N2O5/c1-6-24-17(22)14-11-20(19-15(14)23-5)13-9-7-8-12(10-13)16(21)25-18(2,3)4/h7-11H,6H2,1-5H3. The number of benzene rings is 1. The molecule has 0 aliphatic rings. The summed E-state index contributed by atoms with van der Waals surface area (Å²) in [5.41, 5.74) is 0.614. The SMILES string of the molecule is CCOC(=O)c1cn(-c2cccc(C(=O)OC(C)(C)C)c2)nc1OC. The number of esters is 2. The van der Waals surface area contributed by atoms with Crippen molar-refractivity contribution in [1.82, 2.24) is 9.78 Å². The molecule has 134 valence electrons. The highest BCUT2D eigenvalue weighted by Gasteiger charge is 2.21. The van der Waals surface area contributed by atoms with E-state index in [0.717, 1.165) is 0 Å². The predicted octanol–water partition coefficient (Wildman–Crippen LogP) is 3.01. The van der Waals surface area contributed by atoms with Gasteiger partial charge in [0.15, 0.2) is 0 Å². The minimum absolute atomic E-state index is 0.154. The fraction of sp³-hybridized carbons (Fsp3) is 0.389. The number of hydrogen-bond donors (Lipinski definition) is 0. The molecular formula is C18H22N2O5. The van der Waals surface area contributed by atoms with Gasteiger partial charge in [0.05, 0.1) is 25.0 Å². The van der Waals surface area contributed by atoms with Gasteiger partial charge in [-0.2, -0.15) is 0 Å². The van der Waals surface area contributed by atoms with Gasteiger partial charge < -0.3 is 14.2 Å². The Bertz CT molecular complexity index is 774. The lowest BCUT2D eigenvalue weighted by Gasteiger charge is -2.19. The molecule has 1 heterocycles. The molecule has 2 rings (SSSR count). The predicted molar refractivity (Wildman–Crippen MR) is 91.2 cm³/mol. The number of hydrogen-bond acceptors (Lipinski definition) is 6. The second-order valence-electron chi connectivity index (χ2n) is 6.27. The maximum Gasteiger partial charge on any atom is 0.345 e. The summed E-state index contributed by atoms with van der Waals surface area (Å²) in [6.07, 6.45) is 1.50. The summed E-state index contributed by atoms with van der Waals surface area (Å²) in [4.78, 5) is 24.2. The second-order valence-corrected chi connectivity index (χ2v) is 6.27. The first kappa shape index (κ1) is 18.5. The normalized spacial score (nSPS) is 11.1. The first-order valence-corrected chi connectivity index (χ1v) is 7.89. The highest BCUT2D eigenvalue weighted by atomic mass is 16.6. The van der Waals surface area contributed by atoms with E-state index in [2.05, 4.69) is 5.10 Å². The van der Waals surface area contributed by atoms with E-state index in [-0.39, 0.29) is 18.1 Å². The van der Waals surface area contributed by atoms with Gasteiger partial charge in [-0.1, -0.05) is 6.07 Å². The molecule has 2 aromatic rings. The lowest BCUT2D eigenvalue weighted by molar-refractivity contribution is 0.00692. The van der Waals surface area contributed by atoms with Crippen molar-refractivity contribution in [2.75, 3.05) is 13.7 Å².